The van der Waals surface area contributed by atoms with Crippen molar-refractivity contribution >= 4 is 33.2 Å². The van der Waals surface area contributed by atoms with Gasteiger partial charge in [0.05, 0.1) is 15.2 Å². The summed E-state index contributed by atoms with van der Waals surface area (Å²) in [6.45, 7) is 8.03. The Morgan fingerprint density at radius 2 is 1.93 bits per heavy atom. The zero-order valence-electron chi connectivity index (χ0n) is 15.9. The van der Waals surface area contributed by atoms with Gasteiger partial charge in [-0.05, 0) is 59.6 Å². The van der Waals surface area contributed by atoms with E-state index in [1.54, 1.807) is 16.0 Å². The van der Waals surface area contributed by atoms with Crippen LogP contribution in [0.25, 0.3) is 5.69 Å². The van der Waals surface area contributed by atoms with Crippen LogP contribution in [0.3, 0.4) is 0 Å². The third kappa shape index (κ3) is 4.04. The summed E-state index contributed by atoms with van der Waals surface area (Å²) in [4.78, 5) is 18.6. The first-order valence-corrected chi connectivity index (χ1v) is 10.9. The molecule has 0 bridgehead atoms. The van der Waals surface area contributed by atoms with Crippen LogP contribution >= 0.6 is 27.3 Å². The molecule has 3 heterocycles. The molecule has 1 aliphatic heterocycles. The maximum absolute atomic E-state index is 13.0. The number of aromatic nitrogens is 3. The Kier molecular flexibility index (Phi) is 5.61. The number of amides is 1. The van der Waals surface area contributed by atoms with Gasteiger partial charge >= 0.3 is 0 Å². The van der Waals surface area contributed by atoms with Crippen LogP contribution in [0, 0.1) is 13.8 Å². The van der Waals surface area contributed by atoms with Crippen molar-refractivity contribution in [1.29, 1.82) is 0 Å². The van der Waals surface area contributed by atoms with Crippen molar-refractivity contribution in [2.75, 3.05) is 26.2 Å². The van der Waals surface area contributed by atoms with Crippen molar-refractivity contribution in [1.82, 2.24) is 24.8 Å². The number of thiophene rings is 1. The number of aryl methyl sites for hydroxylation is 1. The van der Waals surface area contributed by atoms with Crippen molar-refractivity contribution in [2.45, 2.75) is 20.4 Å². The summed E-state index contributed by atoms with van der Waals surface area (Å²) in [5, 5.41) is 8.41. The monoisotopic (exact) mass is 459 g/mol. The molecule has 0 radical (unpaired) electrons. The molecule has 1 fully saturated rings. The topological polar surface area (TPSA) is 54.3 Å². The van der Waals surface area contributed by atoms with Gasteiger partial charge in [-0.1, -0.05) is 17.3 Å². The molecule has 8 heteroatoms. The molecule has 1 aromatic carbocycles. The molecule has 0 spiro atoms. The zero-order valence-corrected chi connectivity index (χ0v) is 18.3. The van der Waals surface area contributed by atoms with E-state index >= 15 is 0 Å². The molecule has 0 aliphatic carbocycles. The van der Waals surface area contributed by atoms with Gasteiger partial charge in [0.2, 0.25) is 0 Å². The van der Waals surface area contributed by atoms with E-state index in [0.717, 1.165) is 40.4 Å². The lowest BCUT2D eigenvalue weighted by molar-refractivity contribution is 0.0623. The quantitative estimate of drug-likeness (QED) is 0.597. The summed E-state index contributed by atoms with van der Waals surface area (Å²) < 4.78 is 2.90. The van der Waals surface area contributed by atoms with Crippen LogP contribution in [0.5, 0.6) is 0 Å². The summed E-state index contributed by atoms with van der Waals surface area (Å²) >= 11 is 5.28. The summed E-state index contributed by atoms with van der Waals surface area (Å²) in [6.07, 6.45) is 0. The van der Waals surface area contributed by atoms with Gasteiger partial charge < -0.3 is 4.90 Å². The van der Waals surface area contributed by atoms with Gasteiger partial charge in [0.15, 0.2) is 5.69 Å². The molecule has 4 rings (SSSR count). The fourth-order valence-corrected chi connectivity index (χ4v) is 4.97. The third-order valence-electron chi connectivity index (χ3n) is 5.01. The molecule has 3 aromatic rings. The molecule has 0 saturated carbocycles. The maximum atomic E-state index is 13.0. The number of halogens is 1. The van der Waals surface area contributed by atoms with E-state index in [9.17, 15) is 4.79 Å². The van der Waals surface area contributed by atoms with Crippen LogP contribution in [0.1, 0.15) is 26.6 Å². The lowest BCUT2D eigenvalue weighted by Crippen LogP contribution is -2.48. The Bertz CT molecular complexity index is 990. The van der Waals surface area contributed by atoms with E-state index in [4.69, 9.17) is 0 Å². The highest BCUT2D eigenvalue weighted by molar-refractivity contribution is 9.11. The highest BCUT2D eigenvalue weighted by Crippen LogP contribution is 2.24. The van der Waals surface area contributed by atoms with Gasteiger partial charge in [-0.25, -0.2) is 4.68 Å². The first-order valence-electron chi connectivity index (χ1n) is 9.26. The fourth-order valence-electron chi connectivity index (χ4n) is 3.45. The average molecular weight is 460 g/mol. The van der Waals surface area contributed by atoms with Gasteiger partial charge in [0, 0.05) is 37.6 Å². The fraction of sp³-hybridized carbons (Fsp3) is 0.350. The first-order chi connectivity index (χ1) is 13.5. The molecular weight excluding hydrogens is 438 g/mol. The number of hydrogen-bond acceptors (Lipinski definition) is 5. The molecule has 6 nitrogen and oxygen atoms in total. The second kappa shape index (κ2) is 8.14. The van der Waals surface area contributed by atoms with E-state index in [0.29, 0.717) is 18.8 Å². The number of piperazine rings is 1. The molecule has 0 N–H and O–H groups in total. The molecule has 28 heavy (non-hydrogen) atoms. The minimum Gasteiger partial charge on any atom is -0.335 e. The summed E-state index contributed by atoms with van der Waals surface area (Å²) in [7, 11) is 0. The second-order valence-electron chi connectivity index (χ2n) is 7.05. The van der Waals surface area contributed by atoms with Crippen LogP contribution in [-0.4, -0.2) is 56.9 Å². The largest absolute Gasteiger partial charge is 0.335 e. The van der Waals surface area contributed by atoms with Gasteiger partial charge in [-0.3, -0.25) is 9.69 Å². The van der Waals surface area contributed by atoms with Gasteiger partial charge in [-0.15, -0.1) is 16.4 Å². The Hall–Kier alpha value is -2.03. The Morgan fingerprint density at radius 1 is 1.14 bits per heavy atom. The molecule has 2 aromatic heterocycles. The predicted molar refractivity (Wildman–Crippen MR) is 114 cm³/mol. The molecule has 1 amide bonds. The van der Waals surface area contributed by atoms with E-state index in [2.05, 4.69) is 43.3 Å². The van der Waals surface area contributed by atoms with Crippen molar-refractivity contribution in [3.63, 3.8) is 0 Å². The van der Waals surface area contributed by atoms with Gasteiger partial charge in [0.25, 0.3) is 5.91 Å². The van der Waals surface area contributed by atoms with E-state index in [1.165, 1.54) is 4.88 Å². The number of hydrogen-bond donors (Lipinski definition) is 0. The number of benzene rings is 1. The highest BCUT2D eigenvalue weighted by Gasteiger charge is 2.26. The smallest absolute Gasteiger partial charge is 0.276 e. The number of carbonyl (C=O) groups excluding carboxylic acids is 1. The van der Waals surface area contributed by atoms with E-state index in [-0.39, 0.29) is 5.91 Å². The lowest BCUT2D eigenvalue weighted by Gasteiger charge is -2.34. The van der Waals surface area contributed by atoms with E-state index < -0.39 is 0 Å². The Labute approximate surface area is 176 Å². The predicted octanol–water partition coefficient (Wildman–Crippen LogP) is 3.67. The highest BCUT2D eigenvalue weighted by atomic mass is 79.9. The molecule has 1 saturated heterocycles. The first kappa shape index (κ1) is 19.3. The molecule has 146 valence electrons. The Balaban J connectivity index is 1.42. The van der Waals surface area contributed by atoms with Gasteiger partial charge in [-0.2, -0.15) is 0 Å². The minimum atomic E-state index is -0.0325. The molecular formula is C20H22BrN5OS. The number of rotatable bonds is 4. The van der Waals surface area contributed by atoms with Crippen molar-refractivity contribution in [3.8, 4) is 5.69 Å². The standard InChI is InChI=1S/C20H22BrN5OS/c1-14-4-3-5-16(12-14)26-15(2)19(22-23-26)20(27)25-10-8-24(9-11-25)13-17-6-7-18(21)28-17/h3-7,12H,8-11,13H2,1-2H3. The van der Waals surface area contributed by atoms with Crippen LogP contribution < -0.4 is 0 Å². The Morgan fingerprint density at radius 3 is 2.61 bits per heavy atom. The van der Waals surface area contributed by atoms with Crippen LogP contribution in [0.2, 0.25) is 0 Å². The number of carbonyl (C=O) groups is 1. The molecule has 0 atom stereocenters. The second-order valence-corrected chi connectivity index (χ2v) is 9.60. The SMILES string of the molecule is Cc1cccc(-n2nnc(C(=O)N3CCN(Cc4ccc(Br)s4)CC3)c2C)c1. The maximum Gasteiger partial charge on any atom is 0.276 e. The normalized spacial score (nSPS) is 15.2. The van der Waals surface area contributed by atoms with Crippen LogP contribution in [-0.2, 0) is 6.54 Å². The summed E-state index contributed by atoms with van der Waals surface area (Å²) in [5.74, 6) is -0.0325. The van der Waals surface area contributed by atoms with Crippen LogP contribution in [0.15, 0.2) is 40.2 Å². The minimum absolute atomic E-state index is 0.0325. The third-order valence-corrected chi connectivity index (χ3v) is 6.62. The van der Waals surface area contributed by atoms with Crippen LogP contribution in [0.4, 0.5) is 0 Å². The van der Waals surface area contributed by atoms with Gasteiger partial charge in [0.1, 0.15) is 0 Å². The van der Waals surface area contributed by atoms with Crippen molar-refractivity contribution < 1.29 is 4.79 Å². The molecule has 1 aliphatic rings. The summed E-state index contributed by atoms with van der Waals surface area (Å²) in [5.41, 5.74) is 3.30. The molecule has 0 unspecified atom stereocenters. The zero-order chi connectivity index (χ0) is 19.7. The summed E-state index contributed by atoms with van der Waals surface area (Å²) in [6, 6.07) is 12.3. The lowest BCUT2D eigenvalue weighted by atomic mass is 10.2. The van der Waals surface area contributed by atoms with E-state index in [1.807, 2.05) is 43.0 Å². The van der Waals surface area contributed by atoms with Crippen molar-refractivity contribution in [3.05, 3.63) is 62.0 Å². The van der Waals surface area contributed by atoms with Crippen molar-refractivity contribution in [2.24, 2.45) is 0 Å². The average Bonchev–Trinajstić information content (AvgIpc) is 3.27. The number of nitrogens with zero attached hydrogens (tertiary/aromatic N) is 5.